The van der Waals surface area contributed by atoms with E-state index in [1.165, 1.54) is 0 Å². The normalized spacial score (nSPS) is 9.31. The molecule has 1 N–H and O–H groups in total. The molecule has 0 fully saturated rings. The first-order valence-corrected chi connectivity index (χ1v) is 5.18. The van der Waals surface area contributed by atoms with Gasteiger partial charge >= 0.3 is 0 Å². The van der Waals surface area contributed by atoms with Gasteiger partial charge in [0, 0.05) is 16.1 Å². The van der Waals surface area contributed by atoms with Crippen LogP contribution in [0.1, 0.15) is 11.1 Å². The van der Waals surface area contributed by atoms with Gasteiger partial charge in [0.1, 0.15) is 5.75 Å². The van der Waals surface area contributed by atoms with E-state index in [1.807, 2.05) is 18.2 Å². The number of aromatic hydroxyl groups is 1. The van der Waals surface area contributed by atoms with Crippen molar-refractivity contribution in [2.75, 3.05) is 0 Å². The molecule has 2 aromatic rings. The van der Waals surface area contributed by atoms with Gasteiger partial charge in [0.2, 0.25) is 0 Å². The number of benzene rings is 2. The van der Waals surface area contributed by atoms with Gasteiger partial charge in [-0.2, -0.15) is 0 Å². The number of hydrogen-bond donors (Lipinski definition) is 1. The predicted molar refractivity (Wildman–Crippen MR) is 65.5 cm³/mol. The average molecular weight is 229 g/mol. The zero-order valence-corrected chi connectivity index (χ0v) is 9.20. The van der Waals surface area contributed by atoms with Crippen LogP contribution in [0.2, 0.25) is 5.02 Å². The molecular weight excluding hydrogens is 220 g/mol. The molecule has 0 aliphatic rings. The van der Waals surface area contributed by atoms with Crippen LogP contribution in [0.4, 0.5) is 0 Å². The van der Waals surface area contributed by atoms with Crippen molar-refractivity contribution < 1.29 is 5.11 Å². The van der Waals surface area contributed by atoms with Crippen molar-refractivity contribution >= 4 is 11.6 Å². The third-order valence-corrected chi connectivity index (χ3v) is 2.29. The molecule has 0 saturated carbocycles. The van der Waals surface area contributed by atoms with E-state index < -0.39 is 0 Å². The molecule has 2 heteroatoms. The number of halogens is 1. The zero-order valence-electron chi connectivity index (χ0n) is 8.44. The number of phenolic OH excluding ortho intramolecular Hbond substituents is 1. The largest absolute Gasteiger partial charge is 0.508 e. The smallest absolute Gasteiger partial charge is 0.116 e. The minimum Gasteiger partial charge on any atom is -0.508 e. The molecule has 0 radical (unpaired) electrons. The molecule has 2 aromatic carbocycles. The third kappa shape index (κ3) is 2.79. The van der Waals surface area contributed by atoms with E-state index in [9.17, 15) is 5.11 Å². The van der Waals surface area contributed by atoms with E-state index in [-0.39, 0.29) is 5.75 Å². The second kappa shape index (κ2) is 4.74. The fourth-order valence-electron chi connectivity index (χ4n) is 1.26. The van der Waals surface area contributed by atoms with E-state index in [0.29, 0.717) is 5.02 Å². The van der Waals surface area contributed by atoms with Gasteiger partial charge in [-0.25, -0.2) is 0 Å². The Morgan fingerprint density at radius 2 is 1.56 bits per heavy atom. The summed E-state index contributed by atoms with van der Waals surface area (Å²) in [5.41, 5.74) is 1.68. The lowest BCUT2D eigenvalue weighted by Gasteiger charge is -1.92. The number of phenols is 1. The van der Waals surface area contributed by atoms with Crippen molar-refractivity contribution in [3.63, 3.8) is 0 Å². The Morgan fingerprint density at radius 1 is 0.875 bits per heavy atom. The highest BCUT2D eigenvalue weighted by molar-refractivity contribution is 6.30. The lowest BCUT2D eigenvalue weighted by atomic mass is 10.2. The van der Waals surface area contributed by atoms with Crippen molar-refractivity contribution in [3.05, 3.63) is 64.7 Å². The molecule has 16 heavy (non-hydrogen) atoms. The van der Waals surface area contributed by atoms with Crippen LogP contribution in [0, 0.1) is 11.8 Å². The fraction of sp³-hybridized carbons (Fsp3) is 0. The summed E-state index contributed by atoms with van der Waals surface area (Å²) in [7, 11) is 0. The molecule has 0 saturated heterocycles. The van der Waals surface area contributed by atoms with Crippen LogP contribution >= 0.6 is 11.6 Å². The lowest BCUT2D eigenvalue weighted by molar-refractivity contribution is 0.475. The van der Waals surface area contributed by atoms with E-state index >= 15 is 0 Å². The maximum atomic E-state index is 9.26. The molecule has 0 amide bonds. The van der Waals surface area contributed by atoms with Crippen LogP contribution in [-0.4, -0.2) is 5.11 Å². The van der Waals surface area contributed by atoms with Crippen molar-refractivity contribution in [3.8, 4) is 17.6 Å². The van der Waals surface area contributed by atoms with Gasteiger partial charge in [-0.15, -0.1) is 0 Å². The van der Waals surface area contributed by atoms with Crippen molar-refractivity contribution in [1.82, 2.24) is 0 Å². The maximum Gasteiger partial charge on any atom is 0.116 e. The van der Waals surface area contributed by atoms with Crippen molar-refractivity contribution in [2.45, 2.75) is 0 Å². The molecule has 0 atom stereocenters. The Kier molecular flexibility index (Phi) is 3.14. The monoisotopic (exact) mass is 228 g/mol. The van der Waals surface area contributed by atoms with Crippen LogP contribution in [0.5, 0.6) is 5.75 Å². The molecule has 2 rings (SSSR count). The van der Waals surface area contributed by atoms with E-state index in [0.717, 1.165) is 11.1 Å². The first-order chi connectivity index (χ1) is 7.74. The first-order valence-electron chi connectivity index (χ1n) is 4.81. The Labute approximate surface area is 99.3 Å². The second-order valence-electron chi connectivity index (χ2n) is 3.31. The zero-order chi connectivity index (χ0) is 11.4. The predicted octanol–water partition coefficient (Wildman–Crippen LogP) is 3.45. The summed E-state index contributed by atoms with van der Waals surface area (Å²) in [4.78, 5) is 0. The van der Waals surface area contributed by atoms with Gasteiger partial charge in [-0.3, -0.25) is 0 Å². The minimum atomic E-state index is 0.225. The molecule has 0 aliphatic heterocycles. The topological polar surface area (TPSA) is 20.2 Å². The molecule has 0 unspecified atom stereocenters. The maximum absolute atomic E-state index is 9.26. The van der Waals surface area contributed by atoms with Gasteiger partial charge in [-0.05, 0) is 42.5 Å². The molecule has 0 heterocycles. The highest BCUT2D eigenvalue weighted by atomic mass is 35.5. The van der Waals surface area contributed by atoms with Crippen LogP contribution in [0.25, 0.3) is 0 Å². The summed E-state index contributed by atoms with van der Waals surface area (Å²) in [6.07, 6.45) is 0. The lowest BCUT2D eigenvalue weighted by Crippen LogP contribution is -1.75. The summed E-state index contributed by atoms with van der Waals surface area (Å²) in [6.45, 7) is 0. The van der Waals surface area contributed by atoms with Crippen LogP contribution in [0.15, 0.2) is 48.5 Å². The van der Waals surface area contributed by atoms with Crippen molar-refractivity contribution in [1.29, 1.82) is 0 Å². The third-order valence-electron chi connectivity index (χ3n) is 2.04. The van der Waals surface area contributed by atoms with Crippen LogP contribution in [0.3, 0.4) is 0 Å². The van der Waals surface area contributed by atoms with Gasteiger partial charge in [-0.1, -0.05) is 29.5 Å². The second-order valence-corrected chi connectivity index (χ2v) is 3.74. The fourth-order valence-corrected chi connectivity index (χ4v) is 1.39. The summed E-state index contributed by atoms with van der Waals surface area (Å²) in [6, 6.07) is 14.2. The minimum absolute atomic E-state index is 0.225. The van der Waals surface area contributed by atoms with Crippen LogP contribution in [-0.2, 0) is 0 Å². The van der Waals surface area contributed by atoms with Gasteiger partial charge in [0.25, 0.3) is 0 Å². The van der Waals surface area contributed by atoms with Gasteiger partial charge in [0.15, 0.2) is 0 Å². The Balaban J connectivity index is 2.25. The molecule has 0 aliphatic carbocycles. The Hall–Kier alpha value is -1.91. The molecule has 0 spiro atoms. The molecule has 0 bridgehead atoms. The van der Waals surface area contributed by atoms with Gasteiger partial charge < -0.3 is 5.11 Å². The molecule has 1 nitrogen and oxygen atoms in total. The summed E-state index contributed by atoms with van der Waals surface area (Å²) in [5.74, 6) is 6.19. The summed E-state index contributed by atoms with van der Waals surface area (Å²) < 4.78 is 0. The van der Waals surface area contributed by atoms with E-state index in [2.05, 4.69) is 11.8 Å². The molecule has 78 valence electrons. The summed E-state index contributed by atoms with van der Waals surface area (Å²) >= 11 is 5.77. The number of rotatable bonds is 0. The first kappa shape index (κ1) is 10.6. The molecule has 0 aromatic heterocycles. The molecular formula is C14H9ClO. The van der Waals surface area contributed by atoms with Crippen LogP contribution < -0.4 is 0 Å². The highest BCUT2D eigenvalue weighted by Gasteiger charge is 1.90. The highest BCUT2D eigenvalue weighted by Crippen LogP contribution is 2.11. The average Bonchev–Trinajstić information content (AvgIpc) is 2.28. The Bertz CT molecular complexity index is 547. The number of hydrogen-bond acceptors (Lipinski definition) is 1. The van der Waals surface area contributed by atoms with Gasteiger partial charge in [0.05, 0.1) is 0 Å². The quantitative estimate of drug-likeness (QED) is 0.685. The standard InChI is InChI=1S/C14H9ClO/c15-13-8-6-11(7-9-13)4-5-12-2-1-3-14(16)10-12/h1-3,6-10,16H. The van der Waals surface area contributed by atoms with Crippen molar-refractivity contribution in [2.24, 2.45) is 0 Å². The summed E-state index contributed by atoms with van der Waals surface area (Å²) in [5, 5.41) is 9.96. The van der Waals surface area contributed by atoms with E-state index in [1.54, 1.807) is 30.3 Å². The Morgan fingerprint density at radius 3 is 2.25 bits per heavy atom. The SMILES string of the molecule is Oc1cccc(C#Cc2ccc(Cl)cc2)c1. The van der Waals surface area contributed by atoms with E-state index in [4.69, 9.17) is 11.6 Å².